The van der Waals surface area contributed by atoms with Crippen LogP contribution in [0.5, 0.6) is 0 Å². The van der Waals surface area contributed by atoms with Crippen LogP contribution >= 0.6 is 27.3 Å². The average Bonchev–Trinajstić information content (AvgIpc) is 2.89. The van der Waals surface area contributed by atoms with Crippen LogP contribution < -0.4 is 4.72 Å². The maximum absolute atomic E-state index is 12.3. The Morgan fingerprint density at radius 3 is 2.50 bits per heavy atom. The smallest absolute Gasteiger partial charge is 0.251 e. The SMILES string of the molecule is COC(CCCC(C)(C)CNS(=O)(=O)c1sccc1Br)OC. The first-order chi connectivity index (χ1) is 10.2. The first-order valence-corrected chi connectivity index (χ1v) is 10.2. The normalized spacial score (nSPS) is 13.0. The minimum atomic E-state index is -3.46. The number of halogens is 1. The number of ether oxygens (including phenoxy) is 2. The summed E-state index contributed by atoms with van der Waals surface area (Å²) < 4.78 is 38.5. The van der Waals surface area contributed by atoms with E-state index in [4.69, 9.17) is 9.47 Å². The molecule has 1 N–H and O–H groups in total. The van der Waals surface area contributed by atoms with Crippen molar-refractivity contribution in [3.63, 3.8) is 0 Å². The summed E-state index contributed by atoms with van der Waals surface area (Å²) in [5.74, 6) is 0. The van der Waals surface area contributed by atoms with Crippen molar-refractivity contribution in [3.05, 3.63) is 15.9 Å². The van der Waals surface area contributed by atoms with Crippen molar-refractivity contribution in [2.75, 3.05) is 20.8 Å². The summed E-state index contributed by atoms with van der Waals surface area (Å²) in [5.41, 5.74) is -0.136. The van der Waals surface area contributed by atoms with Crippen LogP contribution in [-0.4, -0.2) is 35.5 Å². The van der Waals surface area contributed by atoms with Gasteiger partial charge in [0.25, 0.3) is 10.0 Å². The van der Waals surface area contributed by atoms with Gasteiger partial charge in [0.1, 0.15) is 4.21 Å². The molecule has 0 atom stereocenters. The summed E-state index contributed by atoms with van der Waals surface area (Å²) in [4.78, 5) is 0. The lowest BCUT2D eigenvalue weighted by Gasteiger charge is -2.25. The Labute approximate surface area is 145 Å². The molecule has 5 nitrogen and oxygen atoms in total. The average molecular weight is 414 g/mol. The third-order valence-corrected chi connectivity index (χ3v) is 7.46. The van der Waals surface area contributed by atoms with E-state index in [0.717, 1.165) is 19.3 Å². The molecule has 0 fully saturated rings. The lowest BCUT2D eigenvalue weighted by molar-refractivity contribution is -0.107. The lowest BCUT2D eigenvalue weighted by atomic mass is 9.87. The zero-order valence-corrected chi connectivity index (χ0v) is 16.6. The molecule has 0 aliphatic heterocycles. The van der Waals surface area contributed by atoms with E-state index in [9.17, 15) is 8.42 Å². The van der Waals surface area contributed by atoms with Crippen molar-refractivity contribution in [1.82, 2.24) is 4.72 Å². The Morgan fingerprint density at radius 1 is 1.36 bits per heavy atom. The maximum atomic E-state index is 12.3. The van der Waals surface area contributed by atoms with Crippen LogP contribution in [0.15, 0.2) is 20.1 Å². The van der Waals surface area contributed by atoms with Gasteiger partial charge in [-0.25, -0.2) is 13.1 Å². The summed E-state index contributed by atoms with van der Waals surface area (Å²) in [6.07, 6.45) is 2.38. The molecule has 0 aliphatic carbocycles. The molecule has 22 heavy (non-hydrogen) atoms. The molecule has 128 valence electrons. The zero-order chi connectivity index (χ0) is 16.8. The third kappa shape index (κ3) is 6.25. The Hall–Kier alpha value is 0.01000. The van der Waals surface area contributed by atoms with Gasteiger partial charge >= 0.3 is 0 Å². The van der Waals surface area contributed by atoms with Crippen molar-refractivity contribution in [1.29, 1.82) is 0 Å². The Bertz CT molecular complexity index is 553. The van der Waals surface area contributed by atoms with Crippen molar-refractivity contribution in [3.8, 4) is 0 Å². The standard InChI is InChI=1S/C14H24BrNO4S2/c1-14(2,8-5-6-12(19-3)20-4)10-16-22(17,18)13-11(15)7-9-21-13/h7,9,12,16H,5-6,8,10H2,1-4H3. The molecule has 0 aromatic carbocycles. The van der Waals surface area contributed by atoms with E-state index in [-0.39, 0.29) is 11.7 Å². The molecule has 0 bridgehead atoms. The molecular weight excluding hydrogens is 390 g/mol. The molecule has 1 aromatic heterocycles. The highest BCUT2D eigenvalue weighted by Gasteiger charge is 2.24. The second-order valence-corrected chi connectivity index (χ2v) is 9.57. The highest BCUT2D eigenvalue weighted by Crippen LogP contribution is 2.29. The molecule has 0 unspecified atom stereocenters. The van der Waals surface area contributed by atoms with Gasteiger partial charge < -0.3 is 9.47 Å². The molecule has 1 rings (SSSR count). The van der Waals surface area contributed by atoms with Crippen LogP contribution in [0.25, 0.3) is 0 Å². The molecule has 1 heterocycles. The second kappa shape index (κ2) is 8.75. The van der Waals surface area contributed by atoms with Gasteiger partial charge in [-0.15, -0.1) is 11.3 Å². The van der Waals surface area contributed by atoms with Crippen molar-refractivity contribution >= 4 is 37.3 Å². The fourth-order valence-corrected chi connectivity index (χ4v) is 5.62. The predicted octanol–water partition coefficient (Wildman–Crippen LogP) is 3.60. The van der Waals surface area contributed by atoms with Crippen LogP contribution in [0.1, 0.15) is 33.1 Å². The highest BCUT2D eigenvalue weighted by atomic mass is 79.9. The molecule has 0 radical (unpaired) electrons. The van der Waals surface area contributed by atoms with E-state index < -0.39 is 10.0 Å². The molecule has 0 spiro atoms. The third-order valence-electron chi connectivity index (χ3n) is 3.39. The highest BCUT2D eigenvalue weighted by molar-refractivity contribution is 9.10. The summed E-state index contributed by atoms with van der Waals surface area (Å²) in [7, 11) is -0.224. The van der Waals surface area contributed by atoms with Gasteiger partial charge in [-0.2, -0.15) is 0 Å². The number of sulfonamides is 1. The quantitative estimate of drug-likeness (QED) is 0.594. The number of methoxy groups -OCH3 is 2. The summed E-state index contributed by atoms with van der Waals surface area (Å²) in [5, 5.41) is 1.75. The molecule has 0 saturated carbocycles. The van der Waals surface area contributed by atoms with Gasteiger partial charge in [0.2, 0.25) is 0 Å². The van der Waals surface area contributed by atoms with Crippen LogP contribution in [0, 0.1) is 5.41 Å². The van der Waals surface area contributed by atoms with E-state index >= 15 is 0 Å². The Morgan fingerprint density at radius 2 is 2.00 bits per heavy atom. The van der Waals surface area contributed by atoms with E-state index in [1.165, 1.54) is 11.3 Å². The molecule has 0 amide bonds. The van der Waals surface area contributed by atoms with Crippen molar-refractivity contribution in [2.45, 2.75) is 43.6 Å². The lowest BCUT2D eigenvalue weighted by Crippen LogP contribution is -2.34. The zero-order valence-electron chi connectivity index (χ0n) is 13.4. The van der Waals surface area contributed by atoms with E-state index in [1.54, 1.807) is 25.7 Å². The first-order valence-electron chi connectivity index (χ1n) is 7.00. The van der Waals surface area contributed by atoms with Crippen molar-refractivity contribution in [2.24, 2.45) is 5.41 Å². The Kier molecular flexibility index (Phi) is 7.97. The summed E-state index contributed by atoms with van der Waals surface area (Å²) >= 11 is 4.46. The fourth-order valence-electron chi connectivity index (χ4n) is 2.00. The van der Waals surface area contributed by atoms with Crippen LogP contribution in [-0.2, 0) is 19.5 Å². The molecular formula is C14H24BrNO4S2. The van der Waals surface area contributed by atoms with E-state index in [0.29, 0.717) is 15.2 Å². The van der Waals surface area contributed by atoms with Gasteiger partial charge in [0, 0.05) is 25.2 Å². The van der Waals surface area contributed by atoms with Crippen LogP contribution in [0.3, 0.4) is 0 Å². The van der Waals surface area contributed by atoms with Crippen LogP contribution in [0.2, 0.25) is 0 Å². The minimum Gasteiger partial charge on any atom is -0.356 e. The number of nitrogens with one attached hydrogen (secondary N) is 1. The first kappa shape index (κ1) is 20.1. The minimum absolute atomic E-state index is 0.136. The molecule has 1 aromatic rings. The van der Waals surface area contributed by atoms with Gasteiger partial charge in [-0.1, -0.05) is 13.8 Å². The number of hydrogen-bond acceptors (Lipinski definition) is 5. The maximum Gasteiger partial charge on any atom is 0.251 e. The monoisotopic (exact) mass is 413 g/mol. The van der Waals surface area contributed by atoms with Crippen LogP contribution in [0.4, 0.5) is 0 Å². The summed E-state index contributed by atoms with van der Waals surface area (Å²) in [6, 6.07) is 1.74. The summed E-state index contributed by atoms with van der Waals surface area (Å²) in [6.45, 7) is 4.49. The predicted molar refractivity (Wildman–Crippen MR) is 92.6 cm³/mol. The van der Waals surface area contributed by atoms with Gasteiger partial charge in [-0.05, 0) is 52.1 Å². The van der Waals surface area contributed by atoms with E-state index in [1.807, 2.05) is 13.8 Å². The topological polar surface area (TPSA) is 64.6 Å². The number of thiophene rings is 1. The Balaban J connectivity index is 2.50. The number of hydrogen-bond donors (Lipinski definition) is 1. The largest absolute Gasteiger partial charge is 0.356 e. The van der Waals surface area contributed by atoms with E-state index in [2.05, 4.69) is 20.7 Å². The van der Waals surface area contributed by atoms with Gasteiger partial charge in [-0.3, -0.25) is 0 Å². The molecule has 8 heteroatoms. The van der Waals surface area contributed by atoms with Crippen molar-refractivity contribution < 1.29 is 17.9 Å². The molecule has 0 saturated heterocycles. The van der Waals surface area contributed by atoms with Gasteiger partial charge in [0.05, 0.1) is 0 Å². The van der Waals surface area contributed by atoms with Gasteiger partial charge in [0.15, 0.2) is 6.29 Å². The fraction of sp³-hybridized carbons (Fsp3) is 0.714. The number of rotatable bonds is 10. The second-order valence-electron chi connectivity index (χ2n) is 5.84. The molecule has 0 aliphatic rings.